The predicted octanol–water partition coefficient (Wildman–Crippen LogP) is 5.29. The summed E-state index contributed by atoms with van der Waals surface area (Å²) in [6, 6.07) is 10.7. The Hall–Kier alpha value is -2.15. The van der Waals surface area contributed by atoms with Crippen molar-refractivity contribution in [2.45, 2.75) is 6.92 Å². The van der Waals surface area contributed by atoms with Crippen LogP contribution in [0.5, 0.6) is 11.5 Å². The van der Waals surface area contributed by atoms with Gasteiger partial charge in [-0.15, -0.1) is 0 Å². The second-order valence-corrected chi connectivity index (χ2v) is 7.27. The van der Waals surface area contributed by atoms with E-state index in [1.54, 1.807) is 18.2 Å². The van der Waals surface area contributed by atoms with Crippen LogP contribution in [0.3, 0.4) is 0 Å². The second kappa shape index (κ2) is 8.69. The van der Waals surface area contributed by atoms with E-state index in [2.05, 4.69) is 10.3 Å². The summed E-state index contributed by atoms with van der Waals surface area (Å²) >= 11 is 13.5. The zero-order chi connectivity index (χ0) is 19.4. The smallest absolute Gasteiger partial charge is 0.264 e. The van der Waals surface area contributed by atoms with Crippen molar-refractivity contribution in [1.29, 1.82) is 0 Å². The number of benzene rings is 2. The highest BCUT2D eigenvalue weighted by molar-refractivity contribution is 8.18. The Balaban J connectivity index is 1.80. The van der Waals surface area contributed by atoms with Crippen LogP contribution in [-0.2, 0) is 4.79 Å². The molecule has 27 heavy (non-hydrogen) atoms. The van der Waals surface area contributed by atoms with Crippen molar-refractivity contribution < 1.29 is 14.3 Å². The summed E-state index contributed by atoms with van der Waals surface area (Å²) < 4.78 is 10.5. The summed E-state index contributed by atoms with van der Waals surface area (Å²) in [5.41, 5.74) is 1.42. The standard InChI is InChI=1S/C19H16Cl2N2O3S/c1-3-26-13-6-4-12(5-7-13)22-19-23-18(24)16(27-19)10-11-8-14(20)17(25-2)15(21)9-11/h4-10H,3H2,1-2H3,(H,22,23,24)/b16-10+. The number of nitrogens with zero attached hydrogens (tertiary/aromatic N) is 1. The summed E-state index contributed by atoms with van der Waals surface area (Å²) in [4.78, 5) is 17.2. The topological polar surface area (TPSA) is 59.9 Å². The van der Waals surface area contributed by atoms with Crippen LogP contribution in [0.2, 0.25) is 10.0 Å². The lowest BCUT2D eigenvalue weighted by Crippen LogP contribution is -2.19. The average molecular weight is 423 g/mol. The number of carbonyl (C=O) groups excluding carboxylic acids is 1. The molecule has 5 nitrogen and oxygen atoms in total. The molecule has 8 heteroatoms. The third-order valence-corrected chi connectivity index (χ3v) is 5.02. The normalized spacial score (nSPS) is 16.7. The number of methoxy groups -OCH3 is 1. The van der Waals surface area contributed by atoms with E-state index in [0.717, 1.165) is 11.4 Å². The molecule has 0 bridgehead atoms. The van der Waals surface area contributed by atoms with Crippen LogP contribution in [0.25, 0.3) is 6.08 Å². The van der Waals surface area contributed by atoms with E-state index in [4.69, 9.17) is 32.7 Å². The zero-order valence-electron chi connectivity index (χ0n) is 14.6. The van der Waals surface area contributed by atoms with E-state index < -0.39 is 0 Å². The van der Waals surface area contributed by atoms with Gasteiger partial charge in [-0.2, -0.15) is 0 Å². The van der Waals surface area contributed by atoms with Gasteiger partial charge >= 0.3 is 0 Å². The average Bonchev–Trinajstić information content (AvgIpc) is 2.96. The van der Waals surface area contributed by atoms with E-state index in [9.17, 15) is 4.79 Å². The lowest BCUT2D eigenvalue weighted by atomic mass is 10.2. The van der Waals surface area contributed by atoms with Crippen molar-refractivity contribution in [3.63, 3.8) is 0 Å². The first-order chi connectivity index (χ1) is 13.0. The van der Waals surface area contributed by atoms with E-state index >= 15 is 0 Å². The Morgan fingerprint density at radius 3 is 2.44 bits per heavy atom. The third-order valence-electron chi connectivity index (χ3n) is 3.55. The van der Waals surface area contributed by atoms with E-state index in [1.165, 1.54) is 18.9 Å². The Bertz CT molecular complexity index is 904. The minimum Gasteiger partial charge on any atom is -0.494 e. The van der Waals surface area contributed by atoms with E-state index in [-0.39, 0.29) is 5.91 Å². The summed E-state index contributed by atoms with van der Waals surface area (Å²) in [6.07, 6.45) is 1.71. The molecule has 1 N–H and O–H groups in total. The maximum absolute atomic E-state index is 12.2. The van der Waals surface area contributed by atoms with Gasteiger partial charge in [-0.1, -0.05) is 23.2 Å². The third kappa shape index (κ3) is 4.77. The number of hydrogen-bond acceptors (Lipinski definition) is 5. The summed E-state index contributed by atoms with van der Waals surface area (Å²) in [5.74, 6) is 0.952. The van der Waals surface area contributed by atoms with Gasteiger partial charge in [0.2, 0.25) is 0 Å². The molecule has 0 radical (unpaired) electrons. The Morgan fingerprint density at radius 2 is 1.85 bits per heavy atom. The lowest BCUT2D eigenvalue weighted by Gasteiger charge is -2.06. The zero-order valence-corrected chi connectivity index (χ0v) is 16.9. The number of halogens is 2. The number of hydrogen-bond donors (Lipinski definition) is 1. The fourth-order valence-corrected chi connectivity index (χ4v) is 3.89. The van der Waals surface area contributed by atoms with Gasteiger partial charge in [0.05, 0.1) is 34.4 Å². The highest BCUT2D eigenvalue weighted by atomic mass is 35.5. The van der Waals surface area contributed by atoms with Crippen LogP contribution in [0.4, 0.5) is 5.69 Å². The number of amidine groups is 1. The number of nitrogens with one attached hydrogen (secondary N) is 1. The molecule has 2 aromatic rings. The number of rotatable bonds is 5. The van der Waals surface area contributed by atoms with E-state index in [0.29, 0.717) is 38.0 Å². The summed E-state index contributed by atoms with van der Waals surface area (Å²) in [7, 11) is 1.50. The molecule has 0 spiro atoms. The van der Waals surface area contributed by atoms with Crippen LogP contribution in [0.15, 0.2) is 46.3 Å². The van der Waals surface area contributed by atoms with Crippen molar-refractivity contribution in [2.24, 2.45) is 4.99 Å². The van der Waals surface area contributed by atoms with Crippen LogP contribution in [-0.4, -0.2) is 24.8 Å². The van der Waals surface area contributed by atoms with Gasteiger partial charge in [0, 0.05) is 0 Å². The van der Waals surface area contributed by atoms with Gasteiger partial charge < -0.3 is 14.8 Å². The summed E-state index contributed by atoms with van der Waals surface area (Å²) in [6.45, 7) is 2.53. The molecule has 1 fully saturated rings. The number of carbonyl (C=O) groups is 1. The highest BCUT2D eigenvalue weighted by Gasteiger charge is 2.24. The highest BCUT2D eigenvalue weighted by Crippen LogP contribution is 2.36. The molecular weight excluding hydrogens is 407 g/mol. The number of ether oxygens (including phenoxy) is 2. The monoisotopic (exact) mass is 422 g/mol. The molecule has 3 rings (SSSR count). The maximum Gasteiger partial charge on any atom is 0.264 e. The molecule has 1 saturated heterocycles. The number of amides is 1. The fraction of sp³-hybridized carbons (Fsp3) is 0.158. The molecule has 0 atom stereocenters. The van der Waals surface area contributed by atoms with Gasteiger partial charge in [-0.05, 0) is 66.7 Å². The maximum atomic E-state index is 12.2. The van der Waals surface area contributed by atoms with Gasteiger partial charge in [0.15, 0.2) is 10.9 Å². The van der Waals surface area contributed by atoms with Crippen LogP contribution in [0, 0.1) is 0 Å². The first-order valence-corrected chi connectivity index (χ1v) is 9.63. The van der Waals surface area contributed by atoms with E-state index in [1.807, 2.05) is 31.2 Å². The Kier molecular flexibility index (Phi) is 6.31. The van der Waals surface area contributed by atoms with Gasteiger partial charge in [-0.25, -0.2) is 4.99 Å². The van der Waals surface area contributed by atoms with Crippen molar-refractivity contribution in [3.05, 3.63) is 56.9 Å². The molecule has 1 amide bonds. The summed E-state index contributed by atoms with van der Waals surface area (Å²) in [5, 5.41) is 4.01. The molecule has 0 aliphatic carbocycles. The second-order valence-electron chi connectivity index (χ2n) is 5.43. The quantitative estimate of drug-likeness (QED) is 0.664. The van der Waals surface area contributed by atoms with Crippen LogP contribution in [0.1, 0.15) is 12.5 Å². The largest absolute Gasteiger partial charge is 0.494 e. The SMILES string of the molecule is CCOc1ccc(N=C2NC(=O)/C(=C\c3cc(Cl)c(OC)c(Cl)c3)S2)cc1. The fourth-order valence-electron chi connectivity index (χ4n) is 2.39. The minimum atomic E-state index is -0.229. The van der Waals surface area contributed by atoms with Crippen LogP contribution >= 0.6 is 35.0 Å². The molecule has 1 heterocycles. The van der Waals surface area contributed by atoms with Crippen molar-refractivity contribution in [3.8, 4) is 11.5 Å². The first kappa shape index (κ1) is 19.6. The molecule has 140 valence electrons. The van der Waals surface area contributed by atoms with Crippen molar-refractivity contribution in [2.75, 3.05) is 13.7 Å². The first-order valence-electron chi connectivity index (χ1n) is 8.05. The van der Waals surface area contributed by atoms with Gasteiger partial charge in [0.1, 0.15) is 5.75 Å². The minimum absolute atomic E-state index is 0.229. The molecule has 0 saturated carbocycles. The molecular formula is C19H16Cl2N2O3S. The van der Waals surface area contributed by atoms with Crippen molar-refractivity contribution in [1.82, 2.24) is 5.32 Å². The van der Waals surface area contributed by atoms with Gasteiger partial charge in [-0.3, -0.25) is 4.79 Å². The lowest BCUT2D eigenvalue weighted by molar-refractivity contribution is -0.115. The molecule has 0 aromatic heterocycles. The molecule has 0 unspecified atom stereocenters. The Morgan fingerprint density at radius 1 is 1.19 bits per heavy atom. The number of aliphatic imine (C=N–C) groups is 1. The van der Waals surface area contributed by atoms with Crippen molar-refractivity contribution >= 4 is 57.8 Å². The number of thioether (sulfide) groups is 1. The molecule has 2 aromatic carbocycles. The molecule has 1 aliphatic heterocycles. The predicted molar refractivity (Wildman–Crippen MR) is 111 cm³/mol. The Labute approximate surface area is 171 Å². The van der Waals surface area contributed by atoms with Crippen LogP contribution < -0.4 is 14.8 Å². The van der Waals surface area contributed by atoms with Gasteiger partial charge in [0.25, 0.3) is 5.91 Å². The molecule has 1 aliphatic rings.